The van der Waals surface area contributed by atoms with Crippen molar-refractivity contribution >= 4 is 17.5 Å². The van der Waals surface area contributed by atoms with Gasteiger partial charge in [0.1, 0.15) is 17.3 Å². The second kappa shape index (κ2) is 7.67. The van der Waals surface area contributed by atoms with Gasteiger partial charge >= 0.3 is 5.97 Å². The average molecular weight is 524 g/mol. The number of hydrogen-bond acceptors (Lipinski definition) is 7. The van der Waals surface area contributed by atoms with Crippen LogP contribution in [0.5, 0.6) is 0 Å². The number of allylic oxidation sites excluding steroid dienone is 2. The van der Waals surface area contributed by atoms with E-state index in [-0.39, 0.29) is 17.0 Å². The van der Waals surface area contributed by atoms with E-state index in [1.165, 1.54) is 14.0 Å². The fourth-order valence-corrected chi connectivity index (χ4v) is 9.87. The molecule has 7 heteroatoms. The molecule has 0 spiro atoms. The van der Waals surface area contributed by atoms with Gasteiger partial charge in [-0.2, -0.15) is 5.26 Å². The summed E-state index contributed by atoms with van der Waals surface area (Å²) in [6, 6.07) is 1.97. The van der Waals surface area contributed by atoms with Crippen LogP contribution in [0.3, 0.4) is 0 Å². The molecule has 38 heavy (non-hydrogen) atoms. The second-order valence-corrected chi connectivity index (χ2v) is 14.4. The van der Waals surface area contributed by atoms with Crippen molar-refractivity contribution in [2.75, 3.05) is 7.11 Å². The molecular formula is C31H41NO6. The monoisotopic (exact) mass is 523 g/mol. The molecule has 0 saturated heterocycles. The minimum absolute atomic E-state index is 0.0975. The Morgan fingerprint density at radius 3 is 2.24 bits per heavy atom. The molecule has 5 rings (SSSR count). The Morgan fingerprint density at radius 1 is 1.00 bits per heavy atom. The van der Waals surface area contributed by atoms with Gasteiger partial charge in [0.05, 0.1) is 18.1 Å². The first kappa shape index (κ1) is 27.3. The van der Waals surface area contributed by atoms with Crippen molar-refractivity contribution in [2.24, 2.45) is 38.9 Å². The van der Waals surface area contributed by atoms with E-state index < -0.39 is 56.3 Å². The fourth-order valence-electron chi connectivity index (χ4n) is 9.87. The molecule has 0 aromatic heterocycles. The molecule has 0 aromatic rings. The number of Topliss-reactive ketones (excluding diaryl/α,β-unsaturated/α-hetero) is 1. The Kier molecular flexibility index (Phi) is 5.50. The third-order valence-corrected chi connectivity index (χ3v) is 12.3. The number of aliphatic hydroxyl groups is 2. The van der Waals surface area contributed by atoms with Gasteiger partial charge < -0.3 is 14.9 Å². The van der Waals surface area contributed by atoms with E-state index in [2.05, 4.69) is 20.8 Å². The number of rotatable bonds is 1. The van der Waals surface area contributed by atoms with Gasteiger partial charge in [-0.25, -0.2) is 0 Å². The number of ether oxygens (including phenoxy) is 1. The summed E-state index contributed by atoms with van der Waals surface area (Å²) in [6.45, 7) is 11.7. The molecule has 3 fully saturated rings. The minimum atomic E-state index is -1.78. The first-order chi connectivity index (χ1) is 17.4. The summed E-state index contributed by atoms with van der Waals surface area (Å²) in [5.41, 5.74) is -6.43. The van der Waals surface area contributed by atoms with E-state index in [4.69, 9.17) is 4.74 Å². The van der Waals surface area contributed by atoms with Crippen LogP contribution in [0.4, 0.5) is 0 Å². The first-order valence-electron chi connectivity index (χ1n) is 13.9. The molecule has 0 aromatic carbocycles. The van der Waals surface area contributed by atoms with Crippen LogP contribution in [-0.4, -0.2) is 46.1 Å². The Labute approximate surface area is 225 Å². The molecule has 206 valence electrons. The van der Waals surface area contributed by atoms with Crippen LogP contribution in [0, 0.1) is 50.2 Å². The summed E-state index contributed by atoms with van der Waals surface area (Å²) in [4.78, 5) is 40.7. The highest BCUT2D eigenvalue weighted by Crippen LogP contribution is 2.75. The lowest BCUT2D eigenvalue weighted by molar-refractivity contribution is -0.248. The molecule has 5 aliphatic carbocycles. The van der Waals surface area contributed by atoms with Crippen molar-refractivity contribution in [3.05, 3.63) is 23.3 Å². The first-order valence-corrected chi connectivity index (χ1v) is 13.9. The molecule has 0 aliphatic heterocycles. The summed E-state index contributed by atoms with van der Waals surface area (Å²) in [7, 11) is 1.38. The lowest BCUT2D eigenvalue weighted by atomic mass is 9.33. The third kappa shape index (κ3) is 2.89. The Hall–Kier alpha value is -2.30. The molecule has 0 amide bonds. The molecule has 0 bridgehead atoms. The molecule has 2 N–H and O–H groups in total. The maximum absolute atomic E-state index is 14.4. The van der Waals surface area contributed by atoms with E-state index in [1.807, 2.05) is 19.9 Å². The van der Waals surface area contributed by atoms with E-state index in [9.17, 15) is 29.9 Å². The maximum Gasteiger partial charge on any atom is 0.312 e. The molecular weight excluding hydrogens is 482 g/mol. The summed E-state index contributed by atoms with van der Waals surface area (Å²) < 4.78 is 5.31. The zero-order valence-corrected chi connectivity index (χ0v) is 23.7. The van der Waals surface area contributed by atoms with Gasteiger partial charge in [0.15, 0.2) is 5.78 Å². The number of ketones is 2. The van der Waals surface area contributed by atoms with Crippen molar-refractivity contribution in [2.45, 2.75) is 97.7 Å². The highest BCUT2D eigenvalue weighted by atomic mass is 16.5. The highest BCUT2D eigenvalue weighted by Gasteiger charge is 2.77. The minimum Gasteiger partial charge on any atom is -0.469 e. The van der Waals surface area contributed by atoms with E-state index in [0.717, 1.165) is 12.0 Å². The van der Waals surface area contributed by atoms with Gasteiger partial charge in [0.2, 0.25) is 5.78 Å². The quantitative estimate of drug-likeness (QED) is 0.493. The fraction of sp³-hybridized carbons (Fsp3) is 0.742. The summed E-state index contributed by atoms with van der Waals surface area (Å²) in [5, 5.41) is 33.9. The molecule has 5 aliphatic rings. The molecule has 8 atom stereocenters. The normalized spacial score (nSPS) is 49.3. The summed E-state index contributed by atoms with van der Waals surface area (Å²) >= 11 is 0. The van der Waals surface area contributed by atoms with Crippen molar-refractivity contribution in [1.82, 2.24) is 0 Å². The van der Waals surface area contributed by atoms with Gasteiger partial charge in [-0.05, 0) is 74.3 Å². The third-order valence-electron chi connectivity index (χ3n) is 12.3. The predicted molar refractivity (Wildman–Crippen MR) is 139 cm³/mol. The Morgan fingerprint density at radius 2 is 1.63 bits per heavy atom. The number of methoxy groups -OCH3 is 1. The summed E-state index contributed by atoms with van der Waals surface area (Å²) in [6.07, 6.45) is 7.12. The number of esters is 1. The highest BCUT2D eigenvalue weighted by molar-refractivity contribution is 6.07. The van der Waals surface area contributed by atoms with Crippen LogP contribution < -0.4 is 0 Å². The number of hydrogen-bond donors (Lipinski definition) is 2. The average Bonchev–Trinajstić information content (AvgIpc) is 2.85. The number of carbonyl (C=O) groups is 3. The van der Waals surface area contributed by atoms with E-state index in [0.29, 0.717) is 38.5 Å². The van der Waals surface area contributed by atoms with Gasteiger partial charge in [-0.1, -0.05) is 40.7 Å². The lowest BCUT2D eigenvalue weighted by Crippen LogP contribution is -2.75. The summed E-state index contributed by atoms with van der Waals surface area (Å²) in [5.74, 6) is -2.46. The molecule has 0 radical (unpaired) electrons. The van der Waals surface area contributed by atoms with Crippen LogP contribution in [0.15, 0.2) is 23.3 Å². The predicted octanol–water partition coefficient (Wildman–Crippen LogP) is 4.22. The van der Waals surface area contributed by atoms with Gasteiger partial charge in [-0.3, -0.25) is 14.4 Å². The number of carbonyl (C=O) groups excluding carboxylic acids is 3. The van der Waals surface area contributed by atoms with Crippen molar-refractivity contribution < 1.29 is 29.3 Å². The van der Waals surface area contributed by atoms with Crippen LogP contribution >= 0.6 is 0 Å². The van der Waals surface area contributed by atoms with E-state index >= 15 is 0 Å². The second-order valence-electron chi connectivity index (χ2n) is 14.4. The van der Waals surface area contributed by atoms with Crippen LogP contribution in [-0.2, 0) is 19.1 Å². The molecule has 0 unspecified atom stereocenters. The Balaban J connectivity index is 1.75. The van der Waals surface area contributed by atoms with Crippen LogP contribution in [0.2, 0.25) is 0 Å². The zero-order valence-electron chi connectivity index (χ0n) is 23.7. The molecule has 3 saturated carbocycles. The van der Waals surface area contributed by atoms with Gasteiger partial charge in [-0.15, -0.1) is 0 Å². The standard InChI is InChI=1S/C31H41NO6/c1-25(2)10-12-30(24(35)38-7)13-11-28(5)27(4)9-8-19-26(3,15-18(17-32)23(34)29(19,6)36)20(27)14-22(33)31(28,37)21(30)16-25/h14-15,19,21,36-37H,8-13,16H2,1-7H3/t19-,21-,26+,27-,28+,29+,30+,31-/m1/s1. The number of nitriles is 1. The largest absolute Gasteiger partial charge is 0.469 e. The number of nitrogens with zero attached hydrogens (tertiary/aromatic N) is 1. The topological polar surface area (TPSA) is 125 Å². The van der Waals surface area contributed by atoms with Gasteiger partial charge in [0, 0.05) is 22.7 Å². The van der Waals surface area contributed by atoms with E-state index in [1.54, 1.807) is 12.2 Å². The lowest BCUT2D eigenvalue weighted by Gasteiger charge is -2.71. The van der Waals surface area contributed by atoms with Gasteiger partial charge in [0.25, 0.3) is 0 Å². The maximum atomic E-state index is 14.4. The van der Waals surface area contributed by atoms with Crippen molar-refractivity contribution in [3.8, 4) is 6.07 Å². The van der Waals surface area contributed by atoms with Crippen LogP contribution in [0.25, 0.3) is 0 Å². The number of fused-ring (bicyclic) bond motifs is 7. The van der Waals surface area contributed by atoms with Crippen LogP contribution in [0.1, 0.15) is 86.5 Å². The van der Waals surface area contributed by atoms with Crippen molar-refractivity contribution in [1.29, 1.82) is 5.26 Å². The molecule has 0 heterocycles. The van der Waals surface area contributed by atoms with Crippen molar-refractivity contribution in [3.63, 3.8) is 0 Å². The SMILES string of the molecule is COC(=O)[C@]12CCC(C)(C)C[C@H]1[C@@]1(O)C(=O)C=C3[C@@]4(C)C=C(C#N)C(=O)[C@@](C)(O)[C@@H]4CC[C@@]3(C)[C@]1(C)CC2. The zero-order chi connectivity index (χ0) is 28.3. The molecule has 7 nitrogen and oxygen atoms in total. The smallest absolute Gasteiger partial charge is 0.312 e. The Bertz CT molecular complexity index is 1250.